The molecule has 100 valence electrons. The first-order chi connectivity index (χ1) is 9.20. The van der Waals surface area contributed by atoms with Gasteiger partial charge in [-0.25, -0.2) is 0 Å². The lowest BCUT2D eigenvalue weighted by molar-refractivity contribution is -0.137. The Hall–Kier alpha value is -2.30. The number of benzene rings is 1. The highest BCUT2D eigenvalue weighted by molar-refractivity contribution is 5.67. The van der Waals surface area contributed by atoms with Crippen molar-refractivity contribution >= 4 is 5.97 Å². The minimum absolute atomic E-state index is 0.136. The monoisotopic (exact) mass is 261 g/mol. The Balaban J connectivity index is 2.10. The first kappa shape index (κ1) is 13.1. The van der Waals surface area contributed by atoms with Crippen LogP contribution in [0.1, 0.15) is 18.5 Å². The minimum atomic E-state index is -0.798. The van der Waals surface area contributed by atoms with E-state index in [0.29, 0.717) is 18.6 Å². The van der Waals surface area contributed by atoms with E-state index in [9.17, 15) is 4.79 Å². The number of para-hydroxylation sites is 1. The van der Waals surface area contributed by atoms with E-state index in [-0.39, 0.29) is 6.42 Å². The average molecular weight is 261 g/mol. The molecular weight excluding hydrogens is 246 g/mol. The largest absolute Gasteiger partial charge is 0.496 e. The van der Waals surface area contributed by atoms with Crippen molar-refractivity contribution in [1.29, 1.82) is 0 Å². The van der Waals surface area contributed by atoms with Crippen LogP contribution < -0.4 is 4.74 Å². The van der Waals surface area contributed by atoms with Crippen molar-refractivity contribution in [2.45, 2.75) is 19.3 Å². The molecule has 0 aliphatic carbocycles. The van der Waals surface area contributed by atoms with Gasteiger partial charge in [-0.15, -0.1) is 0 Å². The van der Waals surface area contributed by atoms with Crippen LogP contribution in [0.15, 0.2) is 34.9 Å². The Bertz CT molecular complexity index is 562. The summed E-state index contributed by atoms with van der Waals surface area (Å²) in [6.45, 7) is 0. The summed E-state index contributed by atoms with van der Waals surface area (Å²) in [5.41, 5.74) is 1.59. The van der Waals surface area contributed by atoms with Gasteiger partial charge in [0.2, 0.25) is 0 Å². The third-order valence-electron chi connectivity index (χ3n) is 2.75. The molecule has 2 aromatic rings. The predicted octanol–water partition coefficient (Wildman–Crippen LogP) is 2.76. The molecule has 0 saturated heterocycles. The molecule has 0 radical (unpaired) electrons. The van der Waals surface area contributed by atoms with Gasteiger partial charge < -0.3 is 14.4 Å². The van der Waals surface area contributed by atoms with Crippen LogP contribution in [0.4, 0.5) is 0 Å². The first-order valence-electron chi connectivity index (χ1n) is 6.01. The summed E-state index contributed by atoms with van der Waals surface area (Å²) in [5, 5.41) is 12.5. The Morgan fingerprint density at radius 3 is 2.95 bits per heavy atom. The SMILES string of the molecule is COc1ccccc1-c1cc(CCCC(=O)O)no1. The fourth-order valence-corrected chi connectivity index (χ4v) is 1.83. The zero-order valence-electron chi connectivity index (χ0n) is 10.6. The van der Waals surface area contributed by atoms with E-state index in [2.05, 4.69) is 5.16 Å². The fraction of sp³-hybridized carbons (Fsp3) is 0.286. The van der Waals surface area contributed by atoms with Crippen LogP contribution >= 0.6 is 0 Å². The number of carbonyl (C=O) groups is 1. The maximum Gasteiger partial charge on any atom is 0.303 e. The number of hydrogen-bond donors (Lipinski definition) is 1. The second kappa shape index (κ2) is 6.04. The quantitative estimate of drug-likeness (QED) is 0.865. The lowest BCUT2D eigenvalue weighted by Crippen LogP contribution is -1.95. The summed E-state index contributed by atoms with van der Waals surface area (Å²) in [6, 6.07) is 9.33. The van der Waals surface area contributed by atoms with Crippen LogP contribution in [0.3, 0.4) is 0 Å². The Morgan fingerprint density at radius 1 is 1.42 bits per heavy atom. The normalized spacial score (nSPS) is 10.4. The van der Waals surface area contributed by atoms with Crippen molar-refractivity contribution < 1.29 is 19.2 Å². The van der Waals surface area contributed by atoms with Gasteiger partial charge in [0.15, 0.2) is 5.76 Å². The van der Waals surface area contributed by atoms with Crippen LogP contribution in [0.25, 0.3) is 11.3 Å². The number of aryl methyl sites for hydroxylation is 1. The molecule has 0 spiro atoms. The van der Waals surface area contributed by atoms with Gasteiger partial charge >= 0.3 is 5.97 Å². The van der Waals surface area contributed by atoms with Gasteiger partial charge in [0.1, 0.15) is 5.75 Å². The summed E-state index contributed by atoms with van der Waals surface area (Å²) in [5.74, 6) is 0.548. The molecule has 5 heteroatoms. The molecule has 2 rings (SSSR count). The molecule has 0 bridgehead atoms. The molecule has 1 aromatic heterocycles. The molecule has 1 N–H and O–H groups in total. The predicted molar refractivity (Wildman–Crippen MR) is 69.1 cm³/mol. The maximum absolute atomic E-state index is 10.4. The number of nitrogens with zero attached hydrogens (tertiary/aromatic N) is 1. The molecule has 0 aliphatic rings. The third kappa shape index (κ3) is 3.34. The van der Waals surface area contributed by atoms with E-state index in [1.807, 2.05) is 30.3 Å². The Kier molecular flexibility index (Phi) is 4.18. The summed E-state index contributed by atoms with van der Waals surface area (Å²) in [6.07, 6.45) is 1.27. The lowest BCUT2D eigenvalue weighted by Gasteiger charge is -2.03. The molecule has 0 aliphatic heterocycles. The molecular formula is C14H15NO4. The van der Waals surface area contributed by atoms with Gasteiger partial charge in [0.05, 0.1) is 18.4 Å². The van der Waals surface area contributed by atoms with E-state index >= 15 is 0 Å². The van der Waals surface area contributed by atoms with Gasteiger partial charge in [-0.1, -0.05) is 17.3 Å². The summed E-state index contributed by atoms with van der Waals surface area (Å²) in [7, 11) is 1.60. The summed E-state index contributed by atoms with van der Waals surface area (Å²) in [4.78, 5) is 10.4. The molecule has 0 unspecified atom stereocenters. The average Bonchev–Trinajstić information content (AvgIpc) is 2.87. The number of ether oxygens (including phenoxy) is 1. The van der Waals surface area contributed by atoms with Crippen LogP contribution in [0.5, 0.6) is 5.75 Å². The zero-order chi connectivity index (χ0) is 13.7. The topological polar surface area (TPSA) is 72.6 Å². The van der Waals surface area contributed by atoms with Crippen molar-refractivity contribution in [2.24, 2.45) is 0 Å². The van der Waals surface area contributed by atoms with Crippen LogP contribution in [0.2, 0.25) is 0 Å². The van der Waals surface area contributed by atoms with Crippen molar-refractivity contribution in [2.75, 3.05) is 7.11 Å². The highest BCUT2D eigenvalue weighted by Crippen LogP contribution is 2.30. The highest BCUT2D eigenvalue weighted by Gasteiger charge is 2.11. The fourth-order valence-electron chi connectivity index (χ4n) is 1.83. The van der Waals surface area contributed by atoms with Crippen molar-refractivity contribution in [3.63, 3.8) is 0 Å². The number of carboxylic acid groups (broad SMARTS) is 1. The number of aliphatic carboxylic acids is 1. The van der Waals surface area contributed by atoms with Gasteiger partial charge in [0, 0.05) is 12.5 Å². The van der Waals surface area contributed by atoms with E-state index in [4.69, 9.17) is 14.4 Å². The second-order valence-electron chi connectivity index (χ2n) is 4.13. The van der Waals surface area contributed by atoms with Gasteiger partial charge in [-0.3, -0.25) is 4.79 Å². The number of carboxylic acids is 1. The summed E-state index contributed by atoms with van der Waals surface area (Å²) < 4.78 is 10.5. The van der Waals surface area contributed by atoms with Crippen molar-refractivity contribution in [3.8, 4) is 17.1 Å². The molecule has 1 aromatic carbocycles. The third-order valence-corrected chi connectivity index (χ3v) is 2.75. The summed E-state index contributed by atoms with van der Waals surface area (Å²) >= 11 is 0. The van der Waals surface area contributed by atoms with E-state index in [1.165, 1.54) is 0 Å². The molecule has 1 heterocycles. The standard InChI is InChI=1S/C14H15NO4/c1-18-12-7-3-2-6-11(12)13-9-10(15-19-13)5-4-8-14(16)17/h2-3,6-7,9H,4-5,8H2,1H3,(H,16,17). The molecule has 0 atom stereocenters. The molecule has 19 heavy (non-hydrogen) atoms. The molecule has 5 nitrogen and oxygen atoms in total. The number of hydrogen-bond acceptors (Lipinski definition) is 4. The van der Waals surface area contributed by atoms with Crippen LogP contribution in [0, 0.1) is 0 Å². The first-order valence-corrected chi connectivity index (χ1v) is 6.01. The number of aromatic nitrogens is 1. The smallest absolute Gasteiger partial charge is 0.303 e. The lowest BCUT2D eigenvalue weighted by atomic mass is 10.1. The highest BCUT2D eigenvalue weighted by atomic mass is 16.5. The second-order valence-corrected chi connectivity index (χ2v) is 4.13. The van der Waals surface area contributed by atoms with Crippen LogP contribution in [-0.4, -0.2) is 23.3 Å². The molecule has 0 fully saturated rings. The van der Waals surface area contributed by atoms with E-state index < -0.39 is 5.97 Å². The number of methoxy groups -OCH3 is 1. The van der Waals surface area contributed by atoms with E-state index in [0.717, 1.165) is 17.0 Å². The van der Waals surface area contributed by atoms with E-state index in [1.54, 1.807) is 7.11 Å². The maximum atomic E-state index is 10.4. The van der Waals surface area contributed by atoms with Gasteiger partial charge in [-0.2, -0.15) is 0 Å². The van der Waals surface area contributed by atoms with Crippen molar-refractivity contribution in [1.82, 2.24) is 5.16 Å². The van der Waals surface area contributed by atoms with Gasteiger partial charge in [0.25, 0.3) is 0 Å². The van der Waals surface area contributed by atoms with Crippen molar-refractivity contribution in [3.05, 3.63) is 36.0 Å². The Morgan fingerprint density at radius 2 is 2.21 bits per heavy atom. The molecule has 0 amide bonds. The molecule has 0 saturated carbocycles. The number of rotatable bonds is 6. The van der Waals surface area contributed by atoms with Crippen LogP contribution in [-0.2, 0) is 11.2 Å². The zero-order valence-corrected chi connectivity index (χ0v) is 10.6. The Labute approximate surface area is 110 Å². The van der Waals surface area contributed by atoms with Gasteiger partial charge in [-0.05, 0) is 25.0 Å². The minimum Gasteiger partial charge on any atom is -0.496 e.